The van der Waals surface area contributed by atoms with Gasteiger partial charge in [-0.1, -0.05) is 41.9 Å². The molecule has 0 fully saturated rings. The van der Waals surface area contributed by atoms with Gasteiger partial charge < -0.3 is 10.2 Å². The van der Waals surface area contributed by atoms with Crippen molar-refractivity contribution in [3.05, 3.63) is 64.7 Å². The molecule has 0 bridgehead atoms. The van der Waals surface area contributed by atoms with E-state index in [0.29, 0.717) is 24.3 Å². The number of nitrogens with one attached hydrogen (secondary N) is 1. The summed E-state index contributed by atoms with van der Waals surface area (Å²) in [4.78, 5) is 0.141. The molecule has 2 aromatic rings. The molecule has 5 nitrogen and oxygen atoms in total. The van der Waals surface area contributed by atoms with Crippen LogP contribution in [0, 0.1) is 0 Å². The molecule has 0 aliphatic carbocycles. The quantitative estimate of drug-likeness (QED) is 0.621. The van der Waals surface area contributed by atoms with Crippen molar-refractivity contribution in [2.24, 2.45) is 0 Å². The van der Waals surface area contributed by atoms with E-state index < -0.39 is 16.1 Å². The Morgan fingerprint density at radius 2 is 1.84 bits per heavy atom. The fourth-order valence-electron chi connectivity index (χ4n) is 2.40. The second kappa shape index (κ2) is 9.31. The predicted molar refractivity (Wildman–Crippen MR) is 98.1 cm³/mol. The summed E-state index contributed by atoms with van der Waals surface area (Å²) in [5.41, 5.74) is 1.75. The summed E-state index contributed by atoms with van der Waals surface area (Å²) in [5.74, 6) is 0. The van der Waals surface area contributed by atoms with Crippen molar-refractivity contribution in [2.75, 3.05) is 13.2 Å². The second-order valence-electron chi connectivity index (χ2n) is 5.73. The number of hydrogen-bond acceptors (Lipinski definition) is 4. The molecule has 136 valence electrons. The van der Waals surface area contributed by atoms with Crippen LogP contribution in [0.5, 0.6) is 0 Å². The molecular weight excluding hydrogens is 362 g/mol. The highest BCUT2D eigenvalue weighted by molar-refractivity contribution is 7.89. The molecule has 1 atom stereocenters. The van der Waals surface area contributed by atoms with Crippen LogP contribution in [0.25, 0.3) is 0 Å². The smallest absolute Gasteiger partial charge is 0.240 e. The maximum absolute atomic E-state index is 12.2. The molecule has 1 unspecified atom stereocenters. The fourth-order valence-corrected chi connectivity index (χ4v) is 3.74. The average molecular weight is 384 g/mol. The Kier molecular flexibility index (Phi) is 7.40. The maximum atomic E-state index is 12.2. The third-order valence-electron chi connectivity index (χ3n) is 3.81. The number of aliphatic hydroxyl groups is 2. The molecule has 2 aromatic carbocycles. The first-order valence-corrected chi connectivity index (χ1v) is 9.91. The van der Waals surface area contributed by atoms with Crippen LogP contribution in [0.2, 0.25) is 5.02 Å². The van der Waals surface area contributed by atoms with Crippen molar-refractivity contribution in [1.29, 1.82) is 0 Å². The maximum Gasteiger partial charge on any atom is 0.240 e. The lowest BCUT2D eigenvalue weighted by Gasteiger charge is -2.11. The van der Waals surface area contributed by atoms with Gasteiger partial charge in [0.25, 0.3) is 0 Å². The monoisotopic (exact) mass is 383 g/mol. The van der Waals surface area contributed by atoms with E-state index in [9.17, 15) is 13.5 Å². The number of hydrogen-bond donors (Lipinski definition) is 3. The zero-order valence-electron chi connectivity index (χ0n) is 13.7. The molecule has 0 saturated heterocycles. The molecule has 0 amide bonds. The minimum atomic E-state index is -3.58. The first-order chi connectivity index (χ1) is 11.9. The van der Waals surface area contributed by atoms with E-state index in [1.54, 1.807) is 12.1 Å². The topological polar surface area (TPSA) is 86.6 Å². The van der Waals surface area contributed by atoms with E-state index in [2.05, 4.69) is 4.72 Å². The number of halogens is 1. The summed E-state index contributed by atoms with van der Waals surface area (Å²) in [6.45, 7) is 0.323. The lowest BCUT2D eigenvalue weighted by Crippen LogP contribution is -2.26. The van der Waals surface area contributed by atoms with Gasteiger partial charge >= 0.3 is 0 Å². The molecule has 0 aliphatic heterocycles. The Hall–Kier alpha value is -1.44. The van der Waals surface area contributed by atoms with Gasteiger partial charge in [0.15, 0.2) is 0 Å². The van der Waals surface area contributed by atoms with Crippen LogP contribution in [0.15, 0.2) is 53.4 Å². The molecule has 0 aliphatic rings. The Morgan fingerprint density at radius 3 is 2.48 bits per heavy atom. The number of aliphatic hydroxyl groups excluding tert-OH is 2. The lowest BCUT2D eigenvalue weighted by atomic mass is 10.0. The van der Waals surface area contributed by atoms with Gasteiger partial charge in [-0.2, -0.15) is 0 Å². The Labute approximate surface area is 153 Å². The molecule has 0 radical (unpaired) electrons. The van der Waals surface area contributed by atoms with E-state index in [4.69, 9.17) is 16.7 Å². The Bertz CT molecular complexity index is 778. The first kappa shape index (κ1) is 19.9. The molecule has 7 heteroatoms. The van der Waals surface area contributed by atoms with Crippen LogP contribution < -0.4 is 4.72 Å². The highest BCUT2D eigenvalue weighted by atomic mass is 35.5. The number of rotatable bonds is 9. The van der Waals surface area contributed by atoms with Crippen LogP contribution >= 0.6 is 11.6 Å². The van der Waals surface area contributed by atoms with Crippen molar-refractivity contribution in [3.63, 3.8) is 0 Å². The van der Waals surface area contributed by atoms with Gasteiger partial charge in [0.1, 0.15) is 0 Å². The van der Waals surface area contributed by atoms with Crippen molar-refractivity contribution < 1.29 is 18.6 Å². The van der Waals surface area contributed by atoms with Gasteiger partial charge in [-0.3, -0.25) is 0 Å². The number of sulfonamides is 1. The fraction of sp³-hybridized carbons (Fsp3) is 0.333. The predicted octanol–water partition coefficient (Wildman–Crippen LogP) is 2.67. The third kappa shape index (κ3) is 6.09. The van der Waals surface area contributed by atoms with E-state index in [-0.39, 0.29) is 18.0 Å². The zero-order chi connectivity index (χ0) is 18.3. The average Bonchev–Trinajstić information content (AvgIpc) is 2.60. The van der Waals surface area contributed by atoms with Crippen LogP contribution in [-0.4, -0.2) is 31.8 Å². The molecule has 3 N–H and O–H groups in total. The molecule has 0 aromatic heterocycles. The van der Waals surface area contributed by atoms with E-state index in [1.165, 1.54) is 12.1 Å². The third-order valence-corrected chi connectivity index (χ3v) is 5.51. The molecule has 0 saturated carbocycles. The van der Waals surface area contributed by atoms with Crippen LogP contribution in [0.3, 0.4) is 0 Å². The van der Waals surface area contributed by atoms with Crippen molar-refractivity contribution >= 4 is 21.6 Å². The molecule has 0 heterocycles. The van der Waals surface area contributed by atoms with Gasteiger partial charge in [-0.15, -0.1) is 0 Å². The normalized spacial score (nSPS) is 12.9. The van der Waals surface area contributed by atoms with Crippen LogP contribution in [0.1, 0.15) is 30.1 Å². The van der Waals surface area contributed by atoms with Crippen LogP contribution in [0.4, 0.5) is 0 Å². The molecule has 0 spiro atoms. The summed E-state index contributed by atoms with van der Waals surface area (Å²) in [6, 6.07) is 13.5. The summed E-state index contributed by atoms with van der Waals surface area (Å²) >= 11 is 5.83. The van der Waals surface area contributed by atoms with E-state index >= 15 is 0 Å². The Balaban J connectivity index is 1.89. The van der Waals surface area contributed by atoms with Crippen molar-refractivity contribution in [2.45, 2.75) is 30.3 Å². The summed E-state index contributed by atoms with van der Waals surface area (Å²) in [7, 11) is -3.58. The lowest BCUT2D eigenvalue weighted by molar-refractivity contribution is 0.152. The molecular formula is C18H22ClNO4S. The molecule has 2 rings (SSSR count). The van der Waals surface area contributed by atoms with Gasteiger partial charge in [0, 0.05) is 18.2 Å². The Morgan fingerprint density at radius 1 is 1.12 bits per heavy atom. The minimum absolute atomic E-state index is 0.0575. The number of benzene rings is 2. The second-order valence-corrected chi connectivity index (χ2v) is 7.93. The highest BCUT2D eigenvalue weighted by Crippen LogP contribution is 2.19. The van der Waals surface area contributed by atoms with Crippen molar-refractivity contribution in [1.82, 2.24) is 4.72 Å². The summed E-state index contributed by atoms with van der Waals surface area (Å²) in [6.07, 6.45) is 0.999. The van der Waals surface area contributed by atoms with Gasteiger partial charge in [-0.05, 0) is 48.6 Å². The van der Waals surface area contributed by atoms with E-state index in [1.807, 2.05) is 24.3 Å². The minimum Gasteiger partial charge on any atom is -0.396 e. The largest absolute Gasteiger partial charge is 0.396 e. The standard InChI is InChI=1S/C18H22ClNO4S/c19-16-3-1-4-17(13-16)25(23,24)20-11-10-14-6-8-15(9-7-14)18(22)5-2-12-21/h1,3-4,6-9,13,18,20-22H,2,5,10-12H2. The highest BCUT2D eigenvalue weighted by Gasteiger charge is 2.13. The SMILES string of the molecule is O=S(=O)(NCCc1ccc(C(O)CCCO)cc1)c1cccc(Cl)c1. The first-order valence-electron chi connectivity index (χ1n) is 8.05. The van der Waals surface area contributed by atoms with Gasteiger partial charge in [0.05, 0.1) is 11.0 Å². The summed E-state index contributed by atoms with van der Waals surface area (Å²) in [5, 5.41) is 19.1. The molecule has 25 heavy (non-hydrogen) atoms. The van der Waals surface area contributed by atoms with Crippen molar-refractivity contribution in [3.8, 4) is 0 Å². The van der Waals surface area contributed by atoms with E-state index in [0.717, 1.165) is 11.1 Å². The van der Waals surface area contributed by atoms with Gasteiger partial charge in [0.2, 0.25) is 10.0 Å². The van der Waals surface area contributed by atoms with Crippen LogP contribution in [-0.2, 0) is 16.4 Å². The van der Waals surface area contributed by atoms with Gasteiger partial charge in [-0.25, -0.2) is 13.1 Å². The summed E-state index contributed by atoms with van der Waals surface area (Å²) < 4.78 is 26.9. The zero-order valence-corrected chi connectivity index (χ0v) is 15.3.